The molecule has 0 aromatic rings. The summed E-state index contributed by atoms with van der Waals surface area (Å²) in [7, 11) is 5.11. The number of carbonyl (C=O) groups is 2. The number of esters is 1. The first-order chi connectivity index (χ1) is 17.3. The van der Waals surface area contributed by atoms with Crippen LogP contribution >= 0.6 is 0 Å². The van der Waals surface area contributed by atoms with E-state index >= 15 is 0 Å². The Morgan fingerprint density at radius 2 is 1.54 bits per heavy atom. The molecule has 7 atom stereocenters. The molecule has 0 fully saturated rings. The van der Waals surface area contributed by atoms with Gasteiger partial charge < -0.3 is 23.8 Å². The van der Waals surface area contributed by atoms with Crippen molar-refractivity contribution in [3.8, 4) is 0 Å². The number of hydrogen-bond donors (Lipinski definition) is 0. The minimum atomic E-state index is -0.309. The summed E-state index contributed by atoms with van der Waals surface area (Å²) in [6.45, 7) is 20.3. The van der Waals surface area contributed by atoms with Crippen LogP contribution in [0.4, 0.5) is 0 Å². The molecule has 0 aliphatic rings. The SMILES string of the molecule is C=C(CC)O[C@@H](C[C@H](OC)[C@@H](C)CC[C@@H](OC(=O)C(C)C)[C@H](C)[C@H](OC)[C@H](C)/C=C/N(C)C=O)C(C)C. The number of hydrogen-bond acceptors (Lipinski definition) is 6. The fourth-order valence-electron chi connectivity index (χ4n) is 4.41. The average molecular weight is 526 g/mol. The Morgan fingerprint density at radius 1 is 0.919 bits per heavy atom. The lowest BCUT2D eigenvalue weighted by atomic mass is 9.84. The van der Waals surface area contributed by atoms with Gasteiger partial charge >= 0.3 is 5.97 Å². The Bertz CT molecular complexity index is 692. The number of carbonyl (C=O) groups excluding carboxylic acids is 2. The zero-order valence-corrected chi connectivity index (χ0v) is 25.4. The molecule has 37 heavy (non-hydrogen) atoms. The lowest BCUT2D eigenvalue weighted by Gasteiger charge is -2.34. The maximum atomic E-state index is 12.6. The smallest absolute Gasteiger partial charge is 0.308 e. The highest BCUT2D eigenvalue weighted by molar-refractivity contribution is 5.71. The lowest BCUT2D eigenvalue weighted by Crippen LogP contribution is -2.39. The second-order valence-corrected chi connectivity index (χ2v) is 11.0. The molecule has 7 nitrogen and oxygen atoms in total. The Morgan fingerprint density at radius 3 is 2.00 bits per heavy atom. The second-order valence-electron chi connectivity index (χ2n) is 11.0. The third kappa shape index (κ3) is 13.0. The monoisotopic (exact) mass is 525 g/mol. The molecule has 0 aromatic carbocycles. The Balaban J connectivity index is 5.59. The van der Waals surface area contributed by atoms with E-state index in [0.29, 0.717) is 12.3 Å². The van der Waals surface area contributed by atoms with Crippen LogP contribution < -0.4 is 0 Å². The highest BCUT2D eigenvalue weighted by Crippen LogP contribution is 2.30. The van der Waals surface area contributed by atoms with Crippen molar-refractivity contribution in [3.05, 3.63) is 24.6 Å². The van der Waals surface area contributed by atoms with Crippen LogP contribution in [0.25, 0.3) is 0 Å². The predicted octanol–water partition coefficient (Wildman–Crippen LogP) is 6.23. The van der Waals surface area contributed by atoms with E-state index in [1.165, 1.54) is 4.90 Å². The Kier molecular flexibility index (Phi) is 17.5. The third-order valence-corrected chi connectivity index (χ3v) is 7.19. The van der Waals surface area contributed by atoms with Crippen LogP contribution in [0.3, 0.4) is 0 Å². The first-order valence-corrected chi connectivity index (χ1v) is 13.8. The molecule has 1 amide bonds. The molecule has 0 aromatic heterocycles. The van der Waals surface area contributed by atoms with E-state index in [9.17, 15) is 9.59 Å². The van der Waals surface area contributed by atoms with Gasteiger partial charge in [-0.05, 0) is 24.7 Å². The molecule has 0 spiro atoms. The summed E-state index contributed by atoms with van der Waals surface area (Å²) in [5.74, 6) is 0.903. The van der Waals surface area contributed by atoms with E-state index < -0.39 is 0 Å². The number of rotatable bonds is 20. The number of amides is 1. The fourth-order valence-corrected chi connectivity index (χ4v) is 4.41. The number of methoxy groups -OCH3 is 2. The molecule has 0 saturated heterocycles. The van der Waals surface area contributed by atoms with Crippen molar-refractivity contribution in [2.24, 2.45) is 29.6 Å². The Labute approximate surface area is 226 Å². The van der Waals surface area contributed by atoms with Gasteiger partial charge in [0.1, 0.15) is 12.2 Å². The normalized spacial score (nSPS) is 17.6. The minimum absolute atomic E-state index is 0.00719. The topological polar surface area (TPSA) is 74.3 Å². The average Bonchev–Trinajstić information content (AvgIpc) is 2.86. The molecule has 7 heteroatoms. The Hall–Kier alpha value is -1.86. The third-order valence-electron chi connectivity index (χ3n) is 7.19. The van der Waals surface area contributed by atoms with Gasteiger partial charge in [-0.15, -0.1) is 0 Å². The van der Waals surface area contributed by atoms with Crippen LogP contribution in [-0.4, -0.2) is 63.0 Å². The van der Waals surface area contributed by atoms with E-state index in [0.717, 1.165) is 31.4 Å². The number of nitrogens with zero attached hydrogens (tertiary/aromatic N) is 1. The quantitative estimate of drug-likeness (QED) is 0.107. The van der Waals surface area contributed by atoms with Crippen molar-refractivity contribution in [1.82, 2.24) is 4.90 Å². The number of ether oxygens (including phenoxy) is 4. The van der Waals surface area contributed by atoms with Gasteiger partial charge in [0.05, 0.1) is 23.9 Å². The van der Waals surface area contributed by atoms with Gasteiger partial charge in [-0.2, -0.15) is 0 Å². The molecular formula is C30H55NO6. The maximum absolute atomic E-state index is 12.6. The molecule has 0 heterocycles. The van der Waals surface area contributed by atoms with Gasteiger partial charge in [-0.25, -0.2) is 0 Å². The molecule has 0 N–H and O–H groups in total. The van der Waals surface area contributed by atoms with Gasteiger partial charge in [0.25, 0.3) is 0 Å². The fraction of sp³-hybridized carbons (Fsp3) is 0.800. The van der Waals surface area contributed by atoms with Gasteiger partial charge in [-0.1, -0.05) is 68.0 Å². The van der Waals surface area contributed by atoms with E-state index in [1.807, 2.05) is 33.8 Å². The van der Waals surface area contributed by atoms with E-state index in [2.05, 4.69) is 34.3 Å². The van der Waals surface area contributed by atoms with E-state index in [4.69, 9.17) is 18.9 Å². The lowest BCUT2D eigenvalue weighted by molar-refractivity contribution is -0.159. The van der Waals surface area contributed by atoms with E-state index in [-0.39, 0.29) is 54.1 Å². The van der Waals surface area contributed by atoms with Crippen molar-refractivity contribution in [2.45, 2.75) is 105 Å². The van der Waals surface area contributed by atoms with Gasteiger partial charge in [0.15, 0.2) is 0 Å². The van der Waals surface area contributed by atoms with Crippen LogP contribution in [-0.2, 0) is 28.5 Å². The first kappa shape index (κ1) is 35.1. The predicted molar refractivity (Wildman–Crippen MR) is 150 cm³/mol. The molecule has 0 rings (SSSR count). The molecule has 0 bridgehead atoms. The van der Waals surface area contributed by atoms with Crippen LogP contribution in [0.1, 0.15) is 81.1 Å². The molecule has 0 radical (unpaired) electrons. The van der Waals surface area contributed by atoms with Crippen LogP contribution in [0.15, 0.2) is 24.6 Å². The van der Waals surface area contributed by atoms with Gasteiger partial charge in [-0.3, -0.25) is 9.59 Å². The van der Waals surface area contributed by atoms with Crippen LogP contribution in [0, 0.1) is 29.6 Å². The second kappa shape index (κ2) is 18.4. The molecular weight excluding hydrogens is 470 g/mol. The minimum Gasteiger partial charge on any atom is -0.495 e. The summed E-state index contributed by atoms with van der Waals surface area (Å²) in [6.07, 6.45) is 7.05. The summed E-state index contributed by atoms with van der Waals surface area (Å²) >= 11 is 0. The van der Waals surface area contributed by atoms with Crippen LogP contribution in [0.5, 0.6) is 0 Å². The van der Waals surface area contributed by atoms with Gasteiger partial charge in [0.2, 0.25) is 6.41 Å². The zero-order valence-electron chi connectivity index (χ0n) is 25.4. The van der Waals surface area contributed by atoms with Crippen molar-refractivity contribution in [3.63, 3.8) is 0 Å². The van der Waals surface area contributed by atoms with Crippen molar-refractivity contribution >= 4 is 12.4 Å². The zero-order chi connectivity index (χ0) is 28.7. The first-order valence-electron chi connectivity index (χ1n) is 13.8. The number of allylic oxidation sites excluding steroid dienone is 1. The highest BCUT2D eigenvalue weighted by Gasteiger charge is 2.33. The maximum Gasteiger partial charge on any atom is 0.308 e. The van der Waals surface area contributed by atoms with Gasteiger partial charge in [0, 0.05) is 52.1 Å². The highest BCUT2D eigenvalue weighted by atomic mass is 16.5. The summed E-state index contributed by atoms with van der Waals surface area (Å²) in [4.78, 5) is 25.0. The van der Waals surface area contributed by atoms with Crippen molar-refractivity contribution < 1.29 is 28.5 Å². The van der Waals surface area contributed by atoms with Crippen molar-refractivity contribution in [2.75, 3.05) is 21.3 Å². The van der Waals surface area contributed by atoms with Crippen molar-refractivity contribution in [1.29, 1.82) is 0 Å². The van der Waals surface area contributed by atoms with Crippen LogP contribution in [0.2, 0.25) is 0 Å². The molecule has 0 unspecified atom stereocenters. The molecule has 216 valence electrons. The largest absolute Gasteiger partial charge is 0.495 e. The summed E-state index contributed by atoms with van der Waals surface area (Å²) in [5.41, 5.74) is 0. The standard InChI is InChI=1S/C30H55NO6/c1-13-24(8)36-27(20(2)3)18-28(34-11)22(6)14-15-26(37-30(33)21(4)5)25(9)29(35-12)23(7)16-17-31(10)19-32/h16-17,19-23,25-29H,8,13-15,18H2,1-7,9-12H3/b17-16+/t22-,23+,25-,26+,27-,28-,29+/m0/s1. The summed E-state index contributed by atoms with van der Waals surface area (Å²) < 4.78 is 23.9. The van der Waals surface area contributed by atoms with E-state index in [1.54, 1.807) is 27.5 Å². The molecule has 0 saturated carbocycles. The molecule has 0 aliphatic heterocycles. The summed E-state index contributed by atoms with van der Waals surface area (Å²) in [6, 6.07) is 0. The molecule has 0 aliphatic carbocycles. The summed E-state index contributed by atoms with van der Waals surface area (Å²) in [5, 5.41) is 0.